The molecule has 8 heteroatoms. The number of hydrogen-bond donors (Lipinski definition) is 0. The lowest BCUT2D eigenvalue weighted by atomic mass is 9.90. The molecule has 2 aliphatic rings. The van der Waals surface area contributed by atoms with Crippen molar-refractivity contribution in [1.29, 1.82) is 5.26 Å². The van der Waals surface area contributed by atoms with Crippen LogP contribution in [-0.2, 0) is 6.54 Å². The molecule has 3 aromatic rings. The number of pyridine rings is 1. The fourth-order valence-electron chi connectivity index (χ4n) is 5.24. The van der Waals surface area contributed by atoms with E-state index >= 15 is 0 Å². The van der Waals surface area contributed by atoms with Gasteiger partial charge in [0.15, 0.2) is 5.78 Å². The van der Waals surface area contributed by atoms with Gasteiger partial charge in [-0.3, -0.25) is 19.5 Å². The summed E-state index contributed by atoms with van der Waals surface area (Å²) >= 11 is 0. The number of aromatic nitrogens is 1. The van der Waals surface area contributed by atoms with Crippen molar-refractivity contribution >= 4 is 11.7 Å². The van der Waals surface area contributed by atoms with Gasteiger partial charge in [0.05, 0.1) is 23.7 Å². The number of ketones is 1. The van der Waals surface area contributed by atoms with Gasteiger partial charge in [0.1, 0.15) is 23.4 Å². The lowest BCUT2D eigenvalue weighted by Crippen LogP contribution is -2.34. The monoisotopic (exact) mass is 526 g/mol. The minimum atomic E-state index is -0.318. The van der Waals surface area contributed by atoms with Gasteiger partial charge in [-0.25, -0.2) is 4.39 Å². The van der Waals surface area contributed by atoms with Crippen molar-refractivity contribution in [3.63, 3.8) is 0 Å². The molecule has 7 nitrogen and oxygen atoms in total. The Balaban J connectivity index is 1.07. The van der Waals surface area contributed by atoms with Crippen molar-refractivity contribution in [3.05, 3.63) is 95.1 Å². The van der Waals surface area contributed by atoms with Crippen LogP contribution in [0, 0.1) is 23.1 Å². The Bertz CT molecular complexity index is 1330. The van der Waals surface area contributed by atoms with Crippen molar-refractivity contribution in [1.82, 2.24) is 14.8 Å². The van der Waals surface area contributed by atoms with E-state index in [9.17, 15) is 14.0 Å². The Labute approximate surface area is 227 Å². The average molecular weight is 527 g/mol. The molecule has 0 bridgehead atoms. The lowest BCUT2D eigenvalue weighted by Gasteiger charge is -2.31. The van der Waals surface area contributed by atoms with Crippen LogP contribution >= 0.6 is 0 Å². The van der Waals surface area contributed by atoms with E-state index in [0.717, 1.165) is 32.5 Å². The Kier molecular flexibility index (Phi) is 8.28. The lowest BCUT2D eigenvalue weighted by molar-refractivity contribution is 0.0771. The number of carbonyl (C=O) groups is 2. The van der Waals surface area contributed by atoms with Gasteiger partial charge in [0.2, 0.25) is 0 Å². The average Bonchev–Trinajstić information content (AvgIpc) is 3.44. The van der Waals surface area contributed by atoms with Crippen molar-refractivity contribution in [2.45, 2.75) is 38.3 Å². The molecule has 0 radical (unpaired) electrons. The number of ether oxygens (including phenoxy) is 1. The zero-order valence-electron chi connectivity index (χ0n) is 21.8. The second-order valence-electron chi connectivity index (χ2n) is 10.3. The van der Waals surface area contributed by atoms with Crippen LogP contribution in [0.15, 0.2) is 66.9 Å². The molecule has 0 N–H and O–H groups in total. The third kappa shape index (κ3) is 6.87. The number of rotatable bonds is 8. The Morgan fingerprint density at radius 1 is 0.974 bits per heavy atom. The molecule has 2 aliphatic heterocycles. The summed E-state index contributed by atoms with van der Waals surface area (Å²) < 4.78 is 19.0. The second-order valence-corrected chi connectivity index (χ2v) is 10.3. The normalized spacial score (nSPS) is 18.1. The zero-order chi connectivity index (χ0) is 27.2. The maximum atomic E-state index is 13.1. The van der Waals surface area contributed by atoms with Crippen molar-refractivity contribution < 1.29 is 18.7 Å². The van der Waals surface area contributed by atoms with Crippen LogP contribution in [0.5, 0.6) is 5.75 Å². The predicted molar refractivity (Wildman–Crippen MR) is 144 cm³/mol. The number of piperidine rings is 1. The number of nitriles is 1. The first-order valence-electron chi connectivity index (χ1n) is 13.4. The van der Waals surface area contributed by atoms with Gasteiger partial charge in [-0.05, 0) is 85.9 Å². The van der Waals surface area contributed by atoms with Gasteiger partial charge in [-0.2, -0.15) is 5.26 Å². The Hall–Kier alpha value is -4.09. The summed E-state index contributed by atoms with van der Waals surface area (Å²) in [6.45, 7) is 3.72. The topological polar surface area (TPSA) is 86.5 Å². The maximum absolute atomic E-state index is 13.1. The SMILES string of the molecule is N#Cc1ccc(CN2CCC(CC(=O)c3ccc(C(=O)N4CCC(Oc5ccc(F)cc5)C4)cn3)CC2)cc1. The first-order chi connectivity index (χ1) is 19.0. The summed E-state index contributed by atoms with van der Waals surface area (Å²) in [5.74, 6) is 0.453. The number of halogens is 1. The molecule has 0 spiro atoms. The van der Waals surface area contributed by atoms with E-state index in [1.165, 1.54) is 23.9 Å². The third-order valence-corrected chi connectivity index (χ3v) is 7.52. The largest absolute Gasteiger partial charge is 0.489 e. The van der Waals surface area contributed by atoms with Crippen LogP contribution in [-0.4, -0.2) is 58.8 Å². The number of hydrogen-bond acceptors (Lipinski definition) is 6. The Morgan fingerprint density at radius 2 is 1.72 bits per heavy atom. The van der Waals surface area contributed by atoms with Crippen LogP contribution in [0.25, 0.3) is 0 Å². The summed E-state index contributed by atoms with van der Waals surface area (Å²) in [6.07, 6.45) is 4.40. The molecule has 200 valence electrons. The van der Waals surface area contributed by atoms with Gasteiger partial charge in [0, 0.05) is 32.1 Å². The van der Waals surface area contributed by atoms with Gasteiger partial charge in [0.25, 0.3) is 5.91 Å². The number of nitrogens with zero attached hydrogens (tertiary/aromatic N) is 4. The summed E-state index contributed by atoms with van der Waals surface area (Å²) in [6, 6.07) is 19.0. The molecular weight excluding hydrogens is 495 g/mol. The summed E-state index contributed by atoms with van der Waals surface area (Å²) in [7, 11) is 0. The molecule has 0 aliphatic carbocycles. The van der Waals surface area contributed by atoms with E-state index in [-0.39, 0.29) is 23.6 Å². The highest BCUT2D eigenvalue weighted by Crippen LogP contribution is 2.24. The molecule has 0 saturated carbocycles. The summed E-state index contributed by atoms with van der Waals surface area (Å²) in [5, 5.41) is 8.95. The van der Waals surface area contributed by atoms with E-state index in [1.807, 2.05) is 24.3 Å². The van der Waals surface area contributed by atoms with E-state index < -0.39 is 0 Å². The Morgan fingerprint density at radius 3 is 2.38 bits per heavy atom. The van der Waals surface area contributed by atoms with Crippen LogP contribution in [0.4, 0.5) is 4.39 Å². The third-order valence-electron chi connectivity index (χ3n) is 7.52. The van der Waals surface area contributed by atoms with Crippen LogP contribution in [0.2, 0.25) is 0 Å². The van der Waals surface area contributed by atoms with E-state index in [2.05, 4.69) is 16.0 Å². The molecule has 1 aromatic heterocycles. The number of amides is 1. The van der Waals surface area contributed by atoms with Gasteiger partial charge in [-0.15, -0.1) is 0 Å². The molecule has 1 unspecified atom stereocenters. The molecule has 3 heterocycles. The van der Waals surface area contributed by atoms with Gasteiger partial charge in [-0.1, -0.05) is 12.1 Å². The summed E-state index contributed by atoms with van der Waals surface area (Å²) in [4.78, 5) is 34.3. The molecule has 1 amide bonds. The van der Waals surface area contributed by atoms with E-state index in [1.54, 1.807) is 29.2 Å². The molecule has 2 aromatic carbocycles. The fourth-order valence-corrected chi connectivity index (χ4v) is 5.24. The highest BCUT2D eigenvalue weighted by Gasteiger charge is 2.29. The van der Waals surface area contributed by atoms with Crippen molar-refractivity contribution in [2.75, 3.05) is 26.2 Å². The first kappa shape index (κ1) is 26.5. The number of Topliss-reactive ketones (excluding diaryl/α,β-unsaturated/α-hetero) is 1. The minimum Gasteiger partial charge on any atom is -0.489 e. The van der Waals surface area contributed by atoms with Crippen LogP contribution in [0.3, 0.4) is 0 Å². The smallest absolute Gasteiger partial charge is 0.255 e. The highest BCUT2D eigenvalue weighted by atomic mass is 19.1. The molecule has 2 fully saturated rings. The zero-order valence-corrected chi connectivity index (χ0v) is 21.8. The van der Waals surface area contributed by atoms with Gasteiger partial charge < -0.3 is 9.64 Å². The molecule has 39 heavy (non-hydrogen) atoms. The van der Waals surface area contributed by atoms with E-state index in [4.69, 9.17) is 10.00 Å². The molecular formula is C31H31FN4O3. The number of likely N-dealkylation sites (tertiary alicyclic amines) is 2. The van der Waals surface area contributed by atoms with Crippen molar-refractivity contribution in [3.8, 4) is 11.8 Å². The highest BCUT2D eigenvalue weighted by molar-refractivity contribution is 5.97. The maximum Gasteiger partial charge on any atom is 0.255 e. The van der Waals surface area contributed by atoms with Gasteiger partial charge >= 0.3 is 0 Å². The minimum absolute atomic E-state index is 0.00785. The standard InChI is InChI=1S/C31H31FN4O3/c32-26-6-8-27(9-7-26)39-28-13-16-36(21-28)31(38)25-5-10-29(34-19-25)30(37)17-22-11-14-35(15-12-22)20-24-3-1-23(18-33)2-4-24/h1-10,19,22,28H,11-17,20-21H2. The van der Waals surface area contributed by atoms with Crippen LogP contribution < -0.4 is 4.74 Å². The van der Waals surface area contributed by atoms with Crippen molar-refractivity contribution in [2.24, 2.45) is 5.92 Å². The second kappa shape index (κ2) is 12.2. The predicted octanol–water partition coefficient (Wildman–Crippen LogP) is 4.87. The summed E-state index contributed by atoms with van der Waals surface area (Å²) in [5.41, 5.74) is 2.70. The fraction of sp³-hybridized carbons (Fsp3) is 0.355. The molecule has 1 atom stereocenters. The van der Waals surface area contributed by atoms with E-state index in [0.29, 0.717) is 54.4 Å². The van der Waals surface area contributed by atoms with Crippen LogP contribution in [0.1, 0.15) is 57.7 Å². The first-order valence-corrected chi connectivity index (χ1v) is 13.4. The quantitative estimate of drug-likeness (QED) is 0.389. The number of benzene rings is 2. The molecule has 5 rings (SSSR count). The molecule has 2 saturated heterocycles. The number of carbonyl (C=O) groups excluding carboxylic acids is 2.